The third-order valence-corrected chi connectivity index (χ3v) is 8.09. The first-order valence-corrected chi connectivity index (χ1v) is 14.8. The average molecular weight is 601 g/mol. The molecule has 39 heavy (non-hydrogen) atoms. The minimum atomic E-state index is -3.72. The Morgan fingerprint density at radius 1 is 1.05 bits per heavy atom. The van der Waals surface area contributed by atoms with Gasteiger partial charge in [-0.1, -0.05) is 41.9 Å². The predicted octanol–water partition coefficient (Wildman–Crippen LogP) is 3.20. The van der Waals surface area contributed by atoms with Crippen molar-refractivity contribution in [2.45, 2.75) is 17.4 Å². The molecule has 0 saturated heterocycles. The summed E-state index contributed by atoms with van der Waals surface area (Å²) in [5, 5.41) is 3.78. The molecule has 0 bridgehead atoms. The number of ether oxygens (including phenoxy) is 3. The molecule has 9 nitrogen and oxygen atoms in total. The van der Waals surface area contributed by atoms with E-state index in [0.717, 1.165) is 23.2 Å². The lowest BCUT2D eigenvalue weighted by atomic mass is 9.85. The maximum atomic E-state index is 12.9. The van der Waals surface area contributed by atoms with Crippen LogP contribution in [-0.4, -0.2) is 85.5 Å². The van der Waals surface area contributed by atoms with E-state index in [2.05, 4.69) is 21.5 Å². The van der Waals surface area contributed by atoms with E-state index in [9.17, 15) is 13.2 Å². The fourth-order valence-electron chi connectivity index (χ4n) is 4.22. The number of amides is 1. The Labute approximate surface area is 240 Å². The number of halogens is 2. The number of hydrogen-bond donors (Lipinski definition) is 2. The number of nitrogens with zero attached hydrogens (tertiary/aromatic N) is 1. The van der Waals surface area contributed by atoms with Crippen LogP contribution in [0.4, 0.5) is 0 Å². The van der Waals surface area contributed by atoms with Crippen LogP contribution in [-0.2, 0) is 35.6 Å². The number of carbonyl (C=O) groups excluding carboxylic acids is 1. The van der Waals surface area contributed by atoms with Gasteiger partial charge in [-0.05, 0) is 54.1 Å². The van der Waals surface area contributed by atoms with Crippen LogP contribution >= 0.6 is 23.2 Å². The quantitative estimate of drug-likeness (QED) is 0.225. The zero-order valence-electron chi connectivity index (χ0n) is 22.0. The van der Waals surface area contributed by atoms with Gasteiger partial charge in [-0.15, -0.1) is 0 Å². The molecule has 1 amide bonds. The molecule has 2 N–H and O–H groups in total. The highest BCUT2D eigenvalue weighted by molar-refractivity contribution is 7.89. The molecule has 0 saturated carbocycles. The Hall–Kier alpha value is -2.02. The molecule has 3 rings (SSSR count). The van der Waals surface area contributed by atoms with Gasteiger partial charge in [0, 0.05) is 42.1 Å². The van der Waals surface area contributed by atoms with Crippen LogP contribution in [0.3, 0.4) is 0 Å². The van der Waals surface area contributed by atoms with E-state index in [4.69, 9.17) is 37.4 Å². The summed E-state index contributed by atoms with van der Waals surface area (Å²) < 4.78 is 44.7. The molecule has 2 aromatic carbocycles. The largest absolute Gasteiger partial charge is 0.378 e. The zero-order chi connectivity index (χ0) is 28.3. The van der Waals surface area contributed by atoms with Crippen LogP contribution in [0.2, 0.25) is 10.0 Å². The highest BCUT2D eigenvalue weighted by Gasteiger charge is 2.28. The molecule has 0 radical (unpaired) electrons. The lowest BCUT2D eigenvalue weighted by molar-refractivity contribution is -0.116. The van der Waals surface area contributed by atoms with Crippen molar-refractivity contribution in [3.8, 4) is 0 Å². The van der Waals surface area contributed by atoms with Crippen molar-refractivity contribution < 1.29 is 27.4 Å². The Morgan fingerprint density at radius 3 is 2.41 bits per heavy atom. The van der Waals surface area contributed by atoms with Crippen LogP contribution in [0.15, 0.2) is 53.9 Å². The Bertz CT molecular complexity index is 1230. The predicted molar refractivity (Wildman–Crippen MR) is 152 cm³/mol. The SMILES string of the molecule is C=CC(=O)NCCOCCOCCOCCNS(=O)(=O)c1cccc([C@@H]2CN(C)Cc3c(Cl)cc(Cl)cc32)c1. The summed E-state index contributed by atoms with van der Waals surface area (Å²) in [5.74, 6) is -0.296. The van der Waals surface area contributed by atoms with Crippen LogP contribution < -0.4 is 10.0 Å². The average Bonchev–Trinajstić information content (AvgIpc) is 2.91. The fourth-order valence-corrected chi connectivity index (χ4v) is 5.86. The van der Waals surface area contributed by atoms with Crippen molar-refractivity contribution >= 4 is 39.1 Å². The van der Waals surface area contributed by atoms with Gasteiger partial charge in [-0.3, -0.25) is 4.79 Å². The zero-order valence-corrected chi connectivity index (χ0v) is 24.3. The smallest absolute Gasteiger partial charge is 0.243 e. The number of likely N-dealkylation sites (N-methyl/N-ethyl adjacent to an activating group) is 1. The lowest BCUT2D eigenvalue weighted by Gasteiger charge is -2.33. The van der Waals surface area contributed by atoms with E-state index < -0.39 is 10.0 Å². The number of rotatable bonds is 16. The van der Waals surface area contributed by atoms with E-state index in [1.807, 2.05) is 19.2 Å². The molecule has 0 aromatic heterocycles. The molecule has 1 atom stereocenters. The standard InChI is InChI=1S/C27H35Cl2N3O6S/c1-3-27(33)30-7-9-36-11-13-38-14-12-37-10-8-31-39(34,35)22-6-4-5-20(15-22)24-18-32(2)19-25-23(24)16-21(28)17-26(25)29/h3-6,15-17,24,31H,1,7-14,18-19H2,2H3,(H,30,33)/t24-/m0/s1. The summed E-state index contributed by atoms with van der Waals surface area (Å²) in [6, 6.07) is 10.6. The summed E-state index contributed by atoms with van der Waals surface area (Å²) >= 11 is 12.8. The number of benzene rings is 2. The van der Waals surface area contributed by atoms with Gasteiger partial charge in [0.25, 0.3) is 0 Å². The maximum absolute atomic E-state index is 12.9. The summed E-state index contributed by atoms with van der Waals surface area (Å²) in [6.07, 6.45) is 1.20. The number of fused-ring (bicyclic) bond motifs is 1. The molecule has 1 heterocycles. The maximum Gasteiger partial charge on any atom is 0.243 e. The fraction of sp³-hybridized carbons (Fsp3) is 0.444. The van der Waals surface area contributed by atoms with E-state index >= 15 is 0 Å². The van der Waals surface area contributed by atoms with Crippen LogP contribution in [0.25, 0.3) is 0 Å². The van der Waals surface area contributed by atoms with Gasteiger partial charge in [-0.2, -0.15) is 0 Å². The molecule has 1 aliphatic heterocycles. The molecule has 1 aliphatic rings. The highest BCUT2D eigenvalue weighted by Crippen LogP contribution is 2.38. The first kappa shape index (κ1) is 31.5. The second-order valence-electron chi connectivity index (χ2n) is 9.01. The first-order chi connectivity index (χ1) is 18.7. The summed E-state index contributed by atoms with van der Waals surface area (Å²) in [5.41, 5.74) is 2.91. The van der Waals surface area contributed by atoms with Gasteiger partial charge in [0.2, 0.25) is 15.9 Å². The minimum Gasteiger partial charge on any atom is -0.378 e. The third kappa shape index (κ3) is 9.84. The monoisotopic (exact) mass is 599 g/mol. The topological polar surface area (TPSA) is 106 Å². The summed E-state index contributed by atoms with van der Waals surface area (Å²) in [7, 11) is -1.71. The van der Waals surface area contributed by atoms with E-state index in [1.165, 1.54) is 6.08 Å². The molecule has 0 unspecified atom stereocenters. The molecule has 0 fully saturated rings. The van der Waals surface area contributed by atoms with Gasteiger partial charge in [0.05, 0.1) is 44.5 Å². The number of nitrogens with one attached hydrogen (secondary N) is 2. The Morgan fingerprint density at radius 2 is 1.72 bits per heavy atom. The Kier molecular flexibility index (Phi) is 12.7. The summed E-state index contributed by atoms with van der Waals surface area (Å²) in [4.78, 5) is 13.3. The van der Waals surface area contributed by atoms with E-state index in [0.29, 0.717) is 56.2 Å². The van der Waals surface area contributed by atoms with Crippen LogP contribution in [0.5, 0.6) is 0 Å². The normalized spacial score (nSPS) is 15.6. The number of sulfonamides is 1. The van der Waals surface area contributed by atoms with Gasteiger partial charge in [-0.25, -0.2) is 13.1 Å². The van der Waals surface area contributed by atoms with Gasteiger partial charge in [0.15, 0.2) is 0 Å². The van der Waals surface area contributed by atoms with E-state index in [-0.39, 0.29) is 29.9 Å². The second-order valence-corrected chi connectivity index (χ2v) is 11.6. The van der Waals surface area contributed by atoms with Gasteiger partial charge < -0.3 is 24.4 Å². The van der Waals surface area contributed by atoms with E-state index in [1.54, 1.807) is 24.3 Å². The Balaban J connectivity index is 1.41. The summed E-state index contributed by atoms with van der Waals surface area (Å²) in [6.45, 7) is 7.39. The van der Waals surface area contributed by atoms with Crippen molar-refractivity contribution in [3.63, 3.8) is 0 Å². The number of hydrogen-bond acceptors (Lipinski definition) is 7. The molecule has 12 heteroatoms. The molecular weight excluding hydrogens is 565 g/mol. The van der Waals surface area contributed by atoms with Crippen molar-refractivity contribution in [3.05, 3.63) is 75.8 Å². The third-order valence-electron chi connectivity index (χ3n) is 6.08. The van der Waals surface area contributed by atoms with Crippen molar-refractivity contribution in [2.24, 2.45) is 0 Å². The molecular formula is C27H35Cl2N3O6S. The number of carbonyl (C=O) groups is 1. The van der Waals surface area contributed by atoms with Gasteiger partial charge in [0.1, 0.15) is 0 Å². The molecule has 0 spiro atoms. The van der Waals surface area contributed by atoms with Crippen molar-refractivity contribution in [2.75, 3.05) is 66.3 Å². The van der Waals surface area contributed by atoms with Crippen molar-refractivity contribution in [1.29, 1.82) is 0 Å². The van der Waals surface area contributed by atoms with Crippen molar-refractivity contribution in [1.82, 2.24) is 14.9 Å². The minimum absolute atomic E-state index is 0.0584. The second kappa shape index (κ2) is 15.7. The van der Waals surface area contributed by atoms with Crippen LogP contribution in [0.1, 0.15) is 22.6 Å². The molecule has 2 aromatic rings. The molecule has 0 aliphatic carbocycles. The van der Waals surface area contributed by atoms with Crippen LogP contribution in [0, 0.1) is 0 Å². The highest BCUT2D eigenvalue weighted by atomic mass is 35.5. The van der Waals surface area contributed by atoms with Gasteiger partial charge >= 0.3 is 0 Å². The molecule has 214 valence electrons. The lowest BCUT2D eigenvalue weighted by Crippen LogP contribution is -2.31. The first-order valence-electron chi connectivity index (χ1n) is 12.6.